The van der Waals surface area contributed by atoms with Crippen LogP contribution < -0.4 is 5.32 Å². The molecule has 0 bridgehead atoms. The third kappa shape index (κ3) is 5.32. The maximum Gasteiger partial charge on any atom is 0.317 e. The van der Waals surface area contributed by atoms with Gasteiger partial charge in [-0.1, -0.05) is 48.5 Å². The molecule has 8 heteroatoms. The number of hydrogen-bond donors (Lipinski definition) is 2. The molecule has 0 aromatic heterocycles. The van der Waals surface area contributed by atoms with Crippen molar-refractivity contribution in [2.45, 2.75) is 17.7 Å². The van der Waals surface area contributed by atoms with E-state index in [4.69, 9.17) is 5.11 Å². The zero-order valence-electron chi connectivity index (χ0n) is 15.5. The number of piperidine rings is 1. The van der Waals surface area contributed by atoms with Gasteiger partial charge in [-0.25, -0.2) is 8.42 Å². The van der Waals surface area contributed by atoms with Crippen LogP contribution in [-0.4, -0.2) is 50.0 Å². The van der Waals surface area contributed by atoms with E-state index < -0.39 is 16.0 Å². The normalized spacial score (nSPS) is 17.6. The van der Waals surface area contributed by atoms with Crippen molar-refractivity contribution in [3.05, 3.63) is 54.6 Å². The Labute approximate surface area is 172 Å². The number of rotatable bonds is 7. The molecule has 2 aromatic rings. The minimum absolute atomic E-state index is 0. The van der Waals surface area contributed by atoms with Crippen LogP contribution in [0.4, 0.5) is 0 Å². The Morgan fingerprint density at radius 2 is 1.79 bits per heavy atom. The van der Waals surface area contributed by atoms with Gasteiger partial charge in [0.15, 0.2) is 0 Å². The Bertz CT molecular complexity index is 890. The third-order valence-corrected chi connectivity index (χ3v) is 6.70. The van der Waals surface area contributed by atoms with E-state index in [0.717, 1.165) is 18.4 Å². The lowest BCUT2D eigenvalue weighted by molar-refractivity contribution is -0.136. The van der Waals surface area contributed by atoms with E-state index in [1.165, 1.54) is 4.31 Å². The SMILES string of the molecule is Cl.O=C(O)CNCC1CCCN(S(=O)(=O)c2ccccc2-c2ccccc2)C1. The summed E-state index contributed by atoms with van der Waals surface area (Å²) in [5.74, 6) is -0.802. The smallest absolute Gasteiger partial charge is 0.317 e. The van der Waals surface area contributed by atoms with Crippen LogP contribution in [0.1, 0.15) is 12.8 Å². The molecule has 1 aliphatic rings. The van der Waals surface area contributed by atoms with E-state index >= 15 is 0 Å². The second kappa shape index (κ2) is 10.0. The number of carboxylic acids is 1. The van der Waals surface area contributed by atoms with Crippen molar-refractivity contribution in [1.82, 2.24) is 9.62 Å². The predicted molar refractivity (Wildman–Crippen MR) is 111 cm³/mol. The predicted octanol–water partition coefficient (Wildman–Crippen LogP) is 2.85. The monoisotopic (exact) mass is 424 g/mol. The van der Waals surface area contributed by atoms with Crippen molar-refractivity contribution in [1.29, 1.82) is 0 Å². The molecule has 2 aromatic carbocycles. The lowest BCUT2D eigenvalue weighted by Gasteiger charge is -2.32. The van der Waals surface area contributed by atoms with Crippen LogP contribution in [0.25, 0.3) is 11.1 Å². The number of aliphatic carboxylic acids is 1. The average molecular weight is 425 g/mol. The van der Waals surface area contributed by atoms with Crippen molar-refractivity contribution in [3.8, 4) is 11.1 Å². The van der Waals surface area contributed by atoms with Crippen LogP contribution in [0.5, 0.6) is 0 Å². The van der Waals surface area contributed by atoms with Crippen molar-refractivity contribution < 1.29 is 18.3 Å². The van der Waals surface area contributed by atoms with Gasteiger partial charge in [0, 0.05) is 18.7 Å². The summed E-state index contributed by atoms with van der Waals surface area (Å²) in [5, 5.41) is 11.6. The van der Waals surface area contributed by atoms with Gasteiger partial charge >= 0.3 is 5.97 Å². The highest BCUT2D eigenvalue weighted by Crippen LogP contribution is 2.31. The highest BCUT2D eigenvalue weighted by molar-refractivity contribution is 7.89. The molecule has 1 atom stereocenters. The minimum Gasteiger partial charge on any atom is -0.480 e. The summed E-state index contributed by atoms with van der Waals surface area (Å²) in [6.07, 6.45) is 1.66. The summed E-state index contributed by atoms with van der Waals surface area (Å²) in [7, 11) is -3.63. The van der Waals surface area contributed by atoms with Crippen LogP contribution in [0.15, 0.2) is 59.5 Å². The molecule has 1 fully saturated rings. The maximum atomic E-state index is 13.3. The van der Waals surface area contributed by atoms with Gasteiger partial charge in [0.25, 0.3) is 0 Å². The zero-order chi connectivity index (χ0) is 19.3. The molecule has 2 N–H and O–H groups in total. The molecule has 28 heavy (non-hydrogen) atoms. The fraction of sp³-hybridized carbons (Fsp3) is 0.350. The molecule has 1 aliphatic heterocycles. The quantitative estimate of drug-likeness (QED) is 0.713. The highest BCUT2D eigenvalue weighted by Gasteiger charge is 2.31. The van der Waals surface area contributed by atoms with Crippen molar-refractivity contribution >= 4 is 28.4 Å². The number of halogens is 1. The van der Waals surface area contributed by atoms with E-state index in [9.17, 15) is 13.2 Å². The van der Waals surface area contributed by atoms with E-state index in [0.29, 0.717) is 30.1 Å². The van der Waals surface area contributed by atoms with Gasteiger partial charge in [0.1, 0.15) is 0 Å². The van der Waals surface area contributed by atoms with Crippen molar-refractivity contribution in [2.75, 3.05) is 26.2 Å². The number of benzene rings is 2. The van der Waals surface area contributed by atoms with Gasteiger partial charge in [-0.05, 0) is 36.9 Å². The number of carbonyl (C=O) groups is 1. The van der Waals surface area contributed by atoms with Gasteiger partial charge in [-0.2, -0.15) is 4.31 Å². The first-order chi connectivity index (χ1) is 13.0. The summed E-state index contributed by atoms with van der Waals surface area (Å²) in [6.45, 7) is 1.28. The number of hydrogen-bond acceptors (Lipinski definition) is 4. The molecule has 1 heterocycles. The van der Waals surface area contributed by atoms with Crippen LogP contribution in [0.2, 0.25) is 0 Å². The van der Waals surface area contributed by atoms with Gasteiger partial charge < -0.3 is 10.4 Å². The molecule has 6 nitrogen and oxygen atoms in total. The number of nitrogens with zero attached hydrogens (tertiary/aromatic N) is 1. The Morgan fingerprint density at radius 3 is 2.50 bits per heavy atom. The second-order valence-corrected chi connectivity index (χ2v) is 8.66. The fourth-order valence-electron chi connectivity index (χ4n) is 3.48. The van der Waals surface area contributed by atoms with Crippen molar-refractivity contribution in [3.63, 3.8) is 0 Å². The van der Waals surface area contributed by atoms with E-state index in [-0.39, 0.29) is 24.9 Å². The standard InChI is InChI=1S/C20H24N2O4S.ClH/c23-20(24)14-21-13-16-7-6-12-22(15-16)27(25,26)19-11-5-4-10-18(19)17-8-2-1-3-9-17;/h1-5,8-11,16,21H,6-7,12-15H2,(H,23,24);1H. The fourth-order valence-corrected chi connectivity index (χ4v) is 5.25. The molecule has 3 rings (SSSR count). The molecule has 0 aliphatic carbocycles. The summed E-state index contributed by atoms with van der Waals surface area (Å²) in [6, 6.07) is 16.6. The van der Waals surface area contributed by atoms with E-state index in [1.807, 2.05) is 42.5 Å². The lowest BCUT2D eigenvalue weighted by Crippen LogP contribution is -2.43. The number of carboxylic acid groups (broad SMARTS) is 1. The van der Waals surface area contributed by atoms with E-state index in [1.54, 1.807) is 12.1 Å². The van der Waals surface area contributed by atoms with Gasteiger partial charge in [-0.3, -0.25) is 4.79 Å². The molecular formula is C20H25ClN2O4S. The number of nitrogens with one attached hydrogen (secondary N) is 1. The third-order valence-electron chi connectivity index (χ3n) is 4.78. The van der Waals surface area contributed by atoms with E-state index in [2.05, 4.69) is 5.32 Å². The molecule has 1 unspecified atom stereocenters. The summed E-state index contributed by atoms with van der Waals surface area (Å²) < 4.78 is 28.2. The molecular weight excluding hydrogens is 400 g/mol. The first-order valence-electron chi connectivity index (χ1n) is 9.05. The molecule has 0 radical (unpaired) electrons. The Morgan fingerprint density at radius 1 is 1.11 bits per heavy atom. The second-order valence-electron chi connectivity index (χ2n) is 6.76. The Kier molecular flexibility index (Phi) is 8.00. The zero-order valence-corrected chi connectivity index (χ0v) is 17.1. The summed E-state index contributed by atoms with van der Waals surface area (Å²) in [5.41, 5.74) is 1.57. The van der Waals surface area contributed by atoms with Crippen LogP contribution in [0.3, 0.4) is 0 Å². The average Bonchev–Trinajstić information content (AvgIpc) is 2.69. The summed E-state index contributed by atoms with van der Waals surface area (Å²) in [4.78, 5) is 11.0. The first-order valence-corrected chi connectivity index (χ1v) is 10.5. The van der Waals surface area contributed by atoms with Crippen molar-refractivity contribution in [2.24, 2.45) is 5.92 Å². The largest absolute Gasteiger partial charge is 0.480 e. The minimum atomic E-state index is -3.63. The highest BCUT2D eigenvalue weighted by atomic mass is 35.5. The van der Waals surface area contributed by atoms with Gasteiger partial charge in [0.05, 0.1) is 11.4 Å². The first kappa shape index (κ1) is 22.4. The Hall–Kier alpha value is -1.93. The summed E-state index contributed by atoms with van der Waals surface area (Å²) >= 11 is 0. The van der Waals surface area contributed by atoms with Gasteiger partial charge in [-0.15, -0.1) is 12.4 Å². The van der Waals surface area contributed by atoms with Crippen LogP contribution in [-0.2, 0) is 14.8 Å². The maximum absolute atomic E-state index is 13.3. The molecule has 0 spiro atoms. The topological polar surface area (TPSA) is 86.7 Å². The lowest BCUT2D eigenvalue weighted by atomic mass is 10.00. The Balaban J connectivity index is 0.00000280. The molecule has 1 saturated heterocycles. The molecule has 0 amide bonds. The number of sulfonamides is 1. The van der Waals surface area contributed by atoms with Gasteiger partial charge in [0.2, 0.25) is 10.0 Å². The van der Waals surface area contributed by atoms with Crippen LogP contribution in [0, 0.1) is 5.92 Å². The van der Waals surface area contributed by atoms with Crippen LogP contribution >= 0.6 is 12.4 Å². The molecule has 152 valence electrons. The molecule has 0 saturated carbocycles.